The molecule has 0 aliphatic carbocycles. The number of amides is 1. The fourth-order valence-corrected chi connectivity index (χ4v) is 3.81. The number of hydrogen-bond donors (Lipinski definition) is 0. The van der Waals surface area contributed by atoms with E-state index in [9.17, 15) is 18.0 Å². The van der Waals surface area contributed by atoms with E-state index in [2.05, 4.69) is 4.99 Å². The largest absolute Gasteiger partial charge is 0.416 e. The normalized spacial score (nSPS) is 14.4. The molecule has 0 fully saturated rings. The Bertz CT molecular complexity index is 902. The summed E-state index contributed by atoms with van der Waals surface area (Å²) in [6.07, 6.45) is -4.50. The summed E-state index contributed by atoms with van der Waals surface area (Å²) in [6, 6.07) is 9.63. The Labute approximate surface area is 168 Å². The van der Waals surface area contributed by atoms with Crippen molar-refractivity contribution >= 4 is 46.0 Å². The zero-order chi connectivity index (χ0) is 19.6. The molecule has 3 rings (SSSR count). The van der Waals surface area contributed by atoms with Crippen LogP contribution in [0.5, 0.6) is 0 Å². The first-order valence-electron chi connectivity index (χ1n) is 7.86. The lowest BCUT2D eigenvalue weighted by Crippen LogP contribution is -2.33. The molecule has 0 bridgehead atoms. The van der Waals surface area contributed by atoms with E-state index in [4.69, 9.17) is 23.2 Å². The van der Waals surface area contributed by atoms with Crippen molar-refractivity contribution in [2.24, 2.45) is 4.99 Å². The van der Waals surface area contributed by atoms with Crippen molar-refractivity contribution in [3.8, 4) is 0 Å². The molecule has 0 saturated carbocycles. The fraction of sp³-hybridized carbons (Fsp3) is 0.222. The third-order valence-electron chi connectivity index (χ3n) is 3.84. The average Bonchev–Trinajstić information content (AvgIpc) is 3.10. The molecule has 0 saturated heterocycles. The highest BCUT2D eigenvalue weighted by atomic mass is 35.5. The predicted molar refractivity (Wildman–Crippen MR) is 103 cm³/mol. The fourth-order valence-electron chi connectivity index (χ4n) is 2.50. The van der Waals surface area contributed by atoms with Crippen molar-refractivity contribution in [1.82, 2.24) is 4.90 Å². The minimum Gasteiger partial charge on any atom is -0.286 e. The van der Waals surface area contributed by atoms with Crippen LogP contribution < -0.4 is 0 Å². The number of halogens is 5. The van der Waals surface area contributed by atoms with Crippen molar-refractivity contribution in [2.45, 2.75) is 11.9 Å². The summed E-state index contributed by atoms with van der Waals surface area (Å²) in [4.78, 5) is 18.4. The molecule has 1 aliphatic heterocycles. The van der Waals surface area contributed by atoms with Gasteiger partial charge in [-0.3, -0.25) is 14.7 Å². The predicted octanol–water partition coefficient (Wildman–Crippen LogP) is 5.76. The highest BCUT2D eigenvalue weighted by Crippen LogP contribution is 2.30. The summed E-state index contributed by atoms with van der Waals surface area (Å²) < 4.78 is 38.6. The van der Waals surface area contributed by atoms with Gasteiger partial charge in [0.2, 0.25) is 0 Å². The number of hydrogen-bond acceptors (Lipinski definition) is 3. The minimum atomic E-state index is -4.50. The molecule has 1 aliphatic rings. The molecule has 0 atom stereocenters. The summed E-state index contributed by atoms with van der Waals surface area (Å²) in [5.41, 5.74) is 0.0273. The lowest BCUT2D eigenvalue weighted by Gasteiger charge is -2.18. The third-order valence-corrected chi connectivity index (χ3v) is 5.66. The van der Waals surface area contributed by atoms with Crippen LogP contribution in [-0.4, -0.2) is 29.1 Å². The van der Waals surface area contributed by atoms with Crippen molar-refractivity contribution in [2.75, 3.05) is 13.1 Å². The van der Waals surface area contributed by atoms with Crippen LogP contribution in [0.15, 0.2) is 47.5 Å². The molecule has 2 aromatic carbocycles. The lowest BCUT2D eigenvalue weighted by atomic mass is 10.1. The molecule has 0 radical (unpaired) electrons. The number of amidine groups is 1. The van der Waals surface area contributed by atoms with Gasteiger partial charge in [0, 0.05) is 17.9 Å². The van der Waals surface area contributed by atoms with E-state index in [0.717, 1.165) is 17.7 Å². The SMILES string of the molecule is O=C(c1cccc(C(F)(F)F)c1)N1CCN=C1SCc1ccc(Cl)c(Cl)c1. The maximum Gasteiger partial charge on any atom is 0.416 e. The van der Waals surface area contributed by atoms with Gasteiger partial charge in [-0.15, -0.1) is 0 Å². The minimum absolute atomic E-state index is 0.0189. The van der Waals surface area contributed by atoms with Crippen LogP contribution in [0.4, 0.5) is 13.2 Å². The summed E-state index contributed by atoms with van der Waals surface area (Å²) in [7, 11) is 0. The first-order valence-corrected chi connectivity index (χ1v) is 9.60. The van der Waals surface area contributed by atoms with Gasteiger partial charge < -0.3 is 0 Å². The quantitative estimate of drug-likeness (QED) is 0.617. The van der Waals surface area contributed by atoms with Crippen LogP contribution in [0.1, 0.15) is 21.5 Å². The number of aliphatic imine (C=N–C) groups is 1. The highest BCUT2D eigenvalue weighted by Gasteiger charge is 2.32. The van der Waals surface area contributed by atoms with Gasteiger partial charge in [0.15, 0.2) is 5.17 Å². The Morgan fingerprint density at radius 2 is 1.93 bits per heavy atom. The third kappa shape index (κ3) is 4.78. The van der Waals surface area contributed by atoms with E-state index in [1.807, 2.05) is 6.07 Å². The van der Waals surface area contributed by atoms with Gasteiger partial charge in [0.05, 0.1) is 22.2 Å². The maximum absolute atomic E-state index is 12.9. The van der Waals surface area contributed by atoms with Gasteiger partial charge in [0.25, 0.3) is 5.91 Å². The van der Waals surface area contributed by atoms with Gasteiger partial charge in [-0.1, -0.05) is 47.1 Å². The number of rotatable bonds is 3. The first-order chi connectivity index (χ1) is 12.8. The Balaban J connectivity index is 1.72. The van der Waals surface area contributed by atoms with Crippen molar-refractivity contribution in [3.63, 3.8) is 0 Å². The topological polar surface area (TPSA) is 32.7 Å². The monoisotopic (exact) mass is 432 g/mol. The molecule has 1 amide bonds. The Morgan fingerprint density at radius 1 is 1.15 bits per heavy atom. The second kappa shape index (κ2) is 8.12. The summed E-state index contributed by atoms with van der Waals surface area (Å²) >= 11 is 13.2. The van der Waals surface area contributed by atoms with E-state index < -0.39 is 17.6 Å². The maximum atomic E-state index is 12.9. The van der Waals surface area contributed by atoms with E-state index in [-0.39, 0.29) is 5.56 Å². The zero-order valence-corrected chi connectivity index (χ0v) is 16.1. The Kier molecular flexibility index (Phi) is 6.03. The van der Waals surface area contributed by atoms with Gasteiger partial charge in [0.1, 0.15) is 0 Å². The van der Waals surface area contributed by atoms with Crippen molar-refractivity contribution in [3.05, 3.63) is 69.2 Å². The van der Waals surface area contributed by atoms with E-state index in [0.29, 0.717) is 34.1 Å². The van der Waals surface area contributed by atoms with Crippen LogP contribution in [0.3, 0.4) is 0 Å². The van der Waals surface area contributed by atoms with Crippen LogP contribution in [0.25, 0.3) is 0 Å². The van der Waals surface area contributed by atoms with E-state index in [1.165, 1.54) is 28.8 Å². The van der Waals surface area contributed by atoms with Crippen LogP contribution in [0.2, 0.25) is 10.0 Å². The molecule has 0 aromatic heterocycles. The van der Waals surface area contributed by atoms with Crippen LogP contribution >= 0.6 is 35.0 Å². The zero-order valence-electron chi connectivity index (χ0n) is 13.8. The molecule has 0 unspecified atom stereocenters. The standard InChI is InChI=1S/C18H13Cl2F3N2OS/c19-14-5-4-11(8-15(14)20)10-27-17-24-6-7-25(17)16(26)12-2-1-3-13(9-12)18(21,22)23/h1-5,8-9H,6-7,10H2. The molecule has 27 heavy (non-hydrogen) atoms. The molecule has 1 heterocycles. The molecule has 142 valence electrons. The van der Waals surface area contributed by atoms with Crippen LogP contribution in [0, 0.1) is 0 Å². The van der Waals surface area contributed by atoms with Gasteiger partial charge in [-0.05, 0) is 35.9 Å². The number of carbonyl (C=O) groups excluding carboxylic acids is 1. The summed E-state index contributed by atoms with van der Waals surface area (Å²) in [5, 5.41) is 1.36. The molecular formula is C18H13Cl2F3N2OS. The lowest BCUT2D eigenvalue weighted by molar-refractivity contribution is -0.137. The number of carbonyl (C=O) groups is 1. The van der Waals surface area contributed by atoms with Gasteiger partial charge in [-0.2, -0.15) is 13.2 Å². The molecular weight excluding hydrogens is 420 g/mol. The molecule has 3 nitrogen and oxygen atoms in total. The second-order valence-electron chi connectivity index (χ2n) is 5.74. The molecule has 0 spiro atoms. The number of nitrogens with zero attached hydrogens (tertiary/aromatic N) is 2. The highest BCUT2D eigenvalue weighted by molar-refractivity contribution is 8.13. The van der Waals surface area contributed by atoms with Crippen molar-refractivity contribution < 1.29 is 18.0 Å². The van der Waals surface area contributed by atoms with Crippen molar-refractivity contribution in [1.29, 1.82) is 0 Å². The Morgan fingerprint density at radius 3 is 2.63 bits per heavy atom. The molecule has 9 heteroatoms. The van der Waals surface area contributed by atoms with Crippen LogP contribution in [-0.2, 0) is 11.9 Å². The number of benzene rings is 2. The van der Waals surface area contributed by atoms with Gasteiger partial charge >= 0.3 is 6.18 Å². The van der Waals surface area contributed by atoms with Gasteiger partial charge in [-0.25, -0.2) is 0 Å². The second-order valence-corrected chi connectivity index (χ2v) is 7.49. The van der Waals surface area contributed by atoms with E-state index in [1.54, 1.807) is 12.1 Å². The number of alkyl halides is 3. The Hall–Kier alpha value is -1.70. The first kappa shape index (κ1) is 20.0. The summed E-state index contributed by atoms with van der Waals surface area (Å²) in [5.74, 6) is 0.00114. The summed E-state index contributed by atoms with van der Waals surface area (Å²) in [6.45, 7) is 0.743. The number of thioether (sulfide) groups is 1. The average molecular weight is 433 g/mol. The van der Waals surface area contributed by atoms with E-state index >= 15 is 0 Å². The smallest absolute Gasteiger partial charge is 0.286 e. The molecule has 2 aromatic rings. The molecule has 0 N–H and O–H groups in total.